The van der Waals surface area contributed by atoms with Crippen molar-refractivity contribution in [2.45, 2.75) is 34.6 Å². The molecule has 0 heterocycles. The Labute approximate surface area is 96.6 Å². The average Bonchev–Trinajstić information content (AvgIpc) is 2.21. The minimum atomic E-state index is -0.863. The molecule has 1 rings (SSSR count). The molecule has 0 aliphatic heterocycles. The molecule has 0 aromatic heterocycles. The van der Waals surface area contributed by atoms with E-state index in [0.717, 1.165) is 16.7 Å². The zero-order valence-corrected chi connectivity index (χ0v) is 10.5. The Bertz CT molecular complexity index is 442. The molecule has 0 unspecified atom stereocenters. The third-order valence-electron chi connectivity index (χ3n) is 3.12. The zero-order chi connectivity index (χ0) is 12.5. The first kappa shape index (κ1) is 12.5. The predicted octanol–water partition coefficient (Wildman–Crippen LogP) is 3.41. The van der Waals surface area contributed by atoms with E-state index < -0.39 is 5.97 Å². The second-order valence-corrected chi connectivity index (χ2v) is 4.31. The fourth-order valence-corrected chi connectivity index (χ4v) is 1.74. The van der Waals surface area contributed by atoms with Gasteiger partial charge in [0.1, 0.15) is 0 Å². The maximum absolute atomic E-state index is 10.8. The SMILES string of the molecule is CC(=Cc1c(C)c(C)cc(C)c1C)C(=O)O. The Kier molecular flexibility index (Phi) is 3.53. The average molecular weight is 218 g/mol. The maximum Gasteiger partial charge on any atom is 0.331 e. The van der Waals surface area contributed by atoms with Gasteiger partial charge in [-0.1, -0.05) is 6.07 Å². The molecule has 1 aromatic rings. The van der Waals surface area contributed by atoms with Gasteiger partial charge in [-0.05, 0) is 68.5 Å². The van der Waals surface area contributed by atoms with Crippen LogP contribution in [0.3, 0.4) is 0 Å². The molecule has 0 aliphatic rings. The number of carboxylic acids is 1. The number of carboxylic acid groups (broad SMARTS) is 1. The van der Waals surface area contributed by atoms with Crippen LogP contribution < -0.4 is 0 Å². The number of carbonyl (C=O) groups is 1. The van der Waals surface area contributed by atoms with Crippen molar-refractivity contribution in [3.05, 3.63) is 39.5 Å². The molecule has 0 fully saturated rings. The van der Waals surface area contributed by atoms with E-state index in [-0.39, 0.29) is 0 Å². The second kappa shape index (κ2) is 4.52. The standard InChI is InChI=1S/C14H18O2/c1-8-6-9(2)12(5)13(11(8)4)7-10(3)14(15)16/h6-7H,1-5H3,(H,15,16). The van der Waals surface area contributed by atoms with Gasteiger partial charge in [0.25, 0.3) is 0 Å². The largest absolute Gasteiger partial charge is 0.478 e. The quantitative estimate of drug-likeness (QED) is 0.772. The van der Waals surface area contributed by atoms with Crippen LogP contribution in [0, 0.1) is 27.7 Å². The first-order chi connectivity index (χ1) is 7.34. The van der Waals surface area contributed by atoms with E-state index in [1.807, 2.05) is 13.8 Å². The molecule has 0 spiro atoms. The van der Waals surface area contributed by atoms with Crippen molar-refractivity contribution in [3.63, 3.8) is 0 Å². The van der Waals surface area contributed by atoms with Crippen LogP contribution in [0.1, 0.15) is 34.7 Å². The summed E-state index contributed by atoms with van der Waals surface area (Å²) in [5.74, 6) is -0.863. The lowest BCUT2D eigenvalue weighted by Gasteiger charge is -2.12. The van der Waals surface area contributed by atoms with Crippen molar-refractivity contribution in [3.8, 4) is 0 Å². The molecule has 1 N–H and O–H groups in total. The smallest absolute Gasteiger partial charge is 0.331 e. The molecule has 0 saturated heterocycles. The minimum Gasteiger partial charge on any atom is -0.478 e. The fraction of sp³-hybridized carbons (Fsp3) is 0.357. The summed E-state index contributed by atoms with van der Waals surface area (Å²) >= 11 is 0. The van der Waals surface area contributed by atoms with Gasteiger partial charge in [0, 0.05) is 5.57 Å². The van der Waals surface area contributed by atoms with E-state index in [2.05, 4.69) is 19.9 Å². The first-order valence-electron chi connectivity index (χ1n) is 5.33. The van der Waals surface area contributed by atoms with Gasteiger partial charge in [-0.15, -0.1) is 0 Å². The van der Waals surface area contributed by atoms with E-state index in [4.69, 9.17) is 5.11 Å². The van der Waals surface area contributed by atoms with Gasteiger partial charge < -0.3 is 5.11 Å². The van der Waals surface area contributed by atoms with Crippen LogP contribution >= 0.6 is 0 Å². The first-order valence-corrected chi connectivity index (χ1v) is 5.33. The molecule has 0 radical (unpaired) electrons. The molecule has 2 heteroatoms. The molecule has 16 heavy (non-hydrogen) atoms. The molecule has 0 bridgehead atoms. The summed E-state index contributed by atoms with van der Waals surface area (Å²) in [5, 5.41) is 8.90. The number of aliphatic carboxylic acids is 1. The monoisotopic (exact) mass is 218 g/mol. The summed E-state index contributed by atoms with van der Waals surface area (Å²) < 4.78 is 0. The summed E-state index contributed by atoms with van der Waals surface area (Å²) in [6, 6.07) is 2.14. The molecule has 1 aromatic carbocycles. The molecule has 0 aliphatic carbocycles. The number of hydrogen-bond acceptors (Lipinski definition) is 1. The normalized spacial score (nSPS) is 11.7. The van der Waals surface area contributed by atoms with Crippen LogP contribution in [0.5, 0.6) is 0 Å². The van der Waals surface area contributed by atoms with Crippen molar-refractivity contribution < 1.29 is 9.90 Å². The zero-order valence-electron chi connectivity index (χ0n) is 10.5. The third-order valence-corrected chi connectivity index (χ3v) is 3.12. The highest BCUT2D eigenvalue weighted by atomic mass is 16.4. The van der Waals surface area contributed by atoms with E-state index in [9.17, 15) is 4.79 Å². The van der Waals surface area contributed by atoms with Gasteiger partial charge in [-0.2, -0.15) is 0 Å². The Morgan fingerprint density at radius 3 is 1.94 bits per heavy atom. The Balaban J connectivity index is 3.44. The van der Waals surface area contributed by atoms with Crippen molar-refractivity contribution in [1.82, 2.24) is 0 Å². The van der Waals surface area contributed by atoms with Crippen LogP contribution in [0.2, 0.25) is 0 Å². The number of hydrogen-bond donors (Lipinski definition) is 1. The fourth-order valence-electron chi connectivity index (χ4n) is 1.74. The Morgan fingerprint density at radius 2 is 1.56 bits per heavy atom. The number of benzene rings is 1. The summed E-state index contributed by atoms with van der Waals surface area (Å²) in [7, 11) is 0. The highest BCUT2D eigenvalue weighted by Crippen LogP contribution is 2.23. The molecule has 0 amide bonds. The van der Waals surface area contributed by atoms with E-state index in [0.29, 0.717) is 5.57 Å². The summed E-state index contributed by atoms with van der Waals surface area (Å²) in [6.45, 7) is 9.79. The van der Waals surface area contributed by atoms with E-state index in [1.54, 1.807) is 13.0 Å². The molecular formula is C14H18O2. The lowest BCUT2D eigenvalue weighted by molar-refractivity contribution is -0.132. The lowest BCUT2D eigenvalue weighted by Crippen LogP contribution is -1.99. The highest BCUT2D eigenvalue weighted by Gasteiger charge is 2.08. The maximum atomic E-state index is 10.8. The second-order valence-electron chi connectivity index (χ2n) is 4.31. The third kappa shape index (κ3) is 2.32. The lowest BCUT2D eigenvalue weighted by atomic mass is 9.93. The Morgan fingerprint density at radius 1 is 1.12 bits per heavy atom. The molecule has 2 nitrogen and oxygen atoms in total. The Hall–Kier alpha value is -1.57. The molecular weight excluding hydrogens is 200 g/mol. The van der Waals surface area contributed by atoms with Gasteiger partial charge in [0.15, 0.2) is 0 Å². The van der Waals surface area contributed by atoms with Crippen molar-refractivity contribution in [2.75, 3.05) is 0 Å². The van der Waals surface area contributed by atoms with Crippen molar-refractivity contribution >= 4 is 12.0 Å². The van der Waals surface area contributed by atoms with Gasteiger partial charge >= 0.3 is 5.97 Å². The molecule has 0 atom stereocenters. The van der Waals surface area contributed by atoms with E-state index in [1.165, 1.54) is 11.1 Å². The number of aryl methyl sites for hydroxylation is 2. The molecule has 86 valence electrons. The summed E-state index contributed by atoms with van der Waals surface area (Å²) in [6.07, 6.45) is 1.76. The van der Waals surface area contributed by atoms with Gasteiger partial charge in [0.2, 0.25) is 0 Å². The van der Waals surface area contributed by atoms with Gasteiger partial charge in [0.05, 0.1) is 0 Å². The number of rotatable bonds is 2. The summed E-state index contributed by atoms with van der Waals surface area (Å²) in [5.41, 5.74) is 6.13. The van der Waals surface area contributed by atoms with Crippen LogP contribution in [-0.4, -0.2) is 11.1 Å². The van der Waals surface area contributed by atoms with Crippen LogP contribution in [-0.2, 0) is 4.79 Å². The van der Waals surface area contributed by atoms with E-state index >= 15 is 0 Å². The highest BCUT2D eigenvalue weighted by molar-refractivity contribution is 5.92. The van der Waals surface area contributed by atoms with Gasteiger partial charge in [-0.3, -0.25) is 0 Å². The van der Waals surface area contributed by atoms with Crippen molar-refractivity contribution in [1.29, 1.82) is 0 Å². The predicted molar refractivity (Wildman–Crippen MR) is 66.7 cm³/mol. The topological polar surface area (TPSA) is 37.3 Å². The summed E-state index contributed by atoms with van der Waals surface area (Å²) in [4.78, 5) is 10.8. The van der Waals surface area contributed by atoms with Crippen molar-refractivity contribution in [2.24, 2.45) is 0 Å². The van der Waals surface area contributed by atoms with Crippen LogP contribution in [0.25, 0.3) is 6.08 Å². The van der Waals surface area contributed by atoms with Crippen LogP contribution in [0.4, 0.5) is 0 Å². The van der Waals surface area contributed by atoms with Crippen LogP contribution in [0.15, 0.2) is 11.6 Å². The molecule has 0 saturated carbocycles. The van der Waals surface area contributed by atoms with Gasteiger partial charge in [-0.25, -0.2) is 4.79 Å². The minimum absolute atomic E-state index is 0.371.